The fourth-order valence-corrected chi connectivity index (χ4v) is 2.21. The quantitative estimate of drug-likeness (QED) is 0.807. The molecule has 4 N–H and O–H groups in total. The van der Waals surface area contributed by atoms with Gasteiger partial charge in [-0.2, -0.15) is 0 Å². The van der Waals surface area contributed by atoms with Crippen LogP contribution in [0.1, 0.15) is 28.9 Å². The lowest BCUT2D eigenvalue weighted by atomic mass is 10.2. The first-order valence-electron chi connectivity index (χ1n) is 6.88. The second-order valence-electron chi connectivity index (χ2n) is 5.24. The zero-order valence-corrected chi connectivity index (χ0v) is 11.6. The van der Waals surface area contributed by atoms with Crippen LogP contribution in [0.4, 0.5) is 11.5 Å². The second-order valence-corrected chi connectivity index (χ2v) is 5.24. The number of anilines is 2. The number of nitrogens with zero attached hydrogens (tertiary/aromatic N) is 3. The molecule has 1 aliphatic rings. The number of hydrogen-bond acceptors (Lipinski definition) is 5. The van der Waals surface area contributed by atoms with E-state index in [4.69, 9.17) is 11.5 Å². The van der Waals surface area contributed by atoms with E-state index in [0.717, 1.165) is 36.5 Å². The van der Waals surface area contributed by atoms with Crippen molar-refractivity contribution in [1.29, 1.82) is 0 Å². The number of amides is 1. The average molecular weight is 283 g/mol. The van der Waals surface area contributed by atoms with Crippen molar-refractivity contribution in [3.8, 4) is 0 Å². The SMILES string of the molecule is NC(=O)c1ccc(N(Cc2ccc(N)cc2)C2CC2)nn1. The van der Waals surface area contributed by atoms with Crippen molar-refractivity contribution >= 4 is 17.4 Å². The van der Waals surface area contributed by atoms with Crippen LogP contribution in [-0.4, -0.2) is 22.1 Å². The highest BCUT2D eigenvalue weighted by atomic mass is 16.1. The van der Waals surface area contributed by atoms with E-state index >= 15 is 0 Å². The van der Waals surface area contributed by atoms with Crippen LogP contribution >= 0.6 is 0 Å². The molecule has 1 aromatic heterocycles. The largest absolute Gasteiger partial charge is 0.399 e. The molecule has 108 valence electrons. The Labute approximate surface area is 122 Å². The van der Waals surface area contributed by atoms with Crippen LogP contribution in [0, 0.1) is 0 Å². The summed E-state index contributed by atoms with van der Waals surface area (Å²) in [5, 5.41) is 8.00. The van der Waals surface area contributed by atoms with Gasteiger partial charge in [-0.25, -0.2) is 0 Å². The van der Waals surface area contributed by atoms with Gasteiger partial charge in [0.25, 0.3) is 5.91 Å². The van der Waals surface area contributed by atoms with Gasteiger partial charge < -0.3 is 16.4 Å². The predicted octanol–water partition coefficient (Wildman–Crippen LogP) is 1.33. The molecule has 1 amide bonds. The summed E-state index contributed by atoms with van der Waals surface area (Å²) in [4.78, 5) is 13.2. The van der Waals surface area contributed by atoms with Crippen molar-refractivity contribution in [2.24, 2.45) is 5.73 Å². The number of nitrogen functional groups attached to an aromatic ring is 1. The zero-order chi connectivity index (χ0) is 14.8. The lowest BCUT2D eigenvalue weighted by Crippen LogP contribution is -2.26. The minimum atomic E-state index is -0.564. The normalized spacial score (nSPS) is 13.9. The van der Waals surface area contributed by atoms with Crippen LogP contribution in [-0.2, 0) is 6.54 Å². The van der Waals surface area contributed by atoms with E-state index in [1.807, 2.05) is 24.3 Å². The van der Waals surface area contributed by atoms with E-state index in [2.05, 4.69) is 15.1 Å². The minimum Gasteiger partial charge on any atom is -0.399 e. The molecule has 1 fully saturated rings. The number of aromatic nitrogens is 2. The number of nitrogens with two attached hydrogens (primary N) is 2. The lowest BCUT2D eigenvalue weighted by molar-refractivity contribution is 0.0994. The summed E-state index contributed by atoms with van der Waals surface area (Å²) >= 11 is 0. The Balaban J connectivity index is 1.81. The van der Waals surface area contributed by atoms with E-state index in [-0.39, 0.29) is 5.69 Å². The Morgan fingerprint density at radius 3 is 2.38 bits per heavy atom. The Morgan fingerprint density at radius 1 is 1.14 bits per heavy atom. The van der Waals surface area contributed by atoms with Crippen molar-refractivity contribution < 1.29 is 4.79 Å². The second kappa shape index (κ2) is 5.40. The van der Waals surface area contributed by atoms with E-state index in [1.54, 1.807) is 12.1 Å². The topological polar surface area (TPSA) is 98.1 Å². The summed E-state index contributed by atoms with van der Waals surface area (Å²) in [5.74, 6) is 0.199. The predicted molar refractivity (Wildman–Crippen MR) is 80.6 cm³/mol. The van der Waals surface area contributed by atoms with Gasteiger partial charge in [-0.3, -0.25) is 4.79 Å². The molecule has 0 atom stereocenters. The number of hydrogen-bond donors (Lipinski definition) is 2. The Hall–Kier alpha value is -2.63. The maximum Gasteiger partial charge on any atom is 0.269 e. The molecule has 3 rings (SSSR count). The van der Waals surface area contributed by atoms with Crippen molar-refractivity contribution in [2.75, 3.05) is 10.6 Å². The van der Waals surface area contributed by atoms with Crippen molar-refractivity contribution in [3.05, 3.63) is 47.7 Å². The number of carbonyl (C=O) groups excluding carboxylic acids is 1. The van der Waals surface area contributed by atoms with E-state index in [9.17, 15) is 4.79 Å². The number of benzene rings is 1. The Kier molecular flexibility index (Phi) is 3.43. The molecule has 0 aliphatic heterocycles. The van der Waals surface area contributed by atoms with Gasteiger partial charge in [0.15, 0.2) is 11.5 Å². The molecule has 1 saturated carbocycles. The van der Waals surface area contributed by atoms with Crippen LogP contribution in [0.5, 0.6) is 0 Å². The van der Waals surface area contributed by atoms with Gasteiger partial charge in [-0.15, -0.1) is 10.2 Å². The first-order valence-corrected chi connectivity index (χ1v) is 6.88. The molecule has 0 radical (unpaired) electrons. The molecule has 0 spiro atoms. The minimum absolute atomic E-state index is 0.182. The molecule has 1 aromatic carbocycles. The lowest BCUT2D eigenvalue weighted by Gasteiger charge is -2.23. The first kappa shape index (κ1) is 13.4. The number of carbonyl (C=O) groups is 1. The van der Waals surface area contributed by atoms with Gasteiger partial charge in [-0.05, 0) is 42.7 Å². The standard InChI is InChI=1S/C15H17N5O/c16-11-3-1-10(2-4-11)9-20(12-5-6-12)14-8-7-13(15(17)21)18-19-14/h1-4,7-8,12H,5-6,9,16H2,(H2,17,21). The molecule has 0 saturated heterocycles. The molecular formula is C15H17N5O. The van der Waals surface area contributed by atoms with Crippen molar-refractivity contribution in [1.82, 2.24) is 10.2 Å². The molecule has 0 unspecified atom stereocenters. The molecule has 2 aromatic rings. The maximum absolute atomic E-state index is 11.0. The van der Waals surface area contributed by atoms with Crippen LogP contribution in [0.15, 0.2) is 36.4 Å². The molecule has 1 aliphatic carbocycles. The average Bonchev–Trinajstić information content (AvgIpc) is 3.31. The summed E-state index contributed by atoms with van der Waals surface area (Å²) in [6.07, 6.45) is 2.29. The van der Waals surface area contributed by atoms with Crippen LogP contribution in [0.25, 0.3) is 0 Å². The summed E-state index contributed by atoms with van der Waals surface area (Å²) in [6, 6.07) is 11.7. The summed E-state index contributed by atoms with van der Waals surface area (Å²) < 4.78 is 0. The Bertz CT molecular complexity index is 634. The van der Waals surface area contributed by atoms with Crippen molar-refractivity contribution in [2.45, 2.75) is 25.4 Å². The van der Waals surface area contributed by atoms with E-state index in [0.29, 0.717) is 6.04 Å². The maximum atomic E-state index is 11.0. The monoisotopic (exact) mass is 283 g/mol. The molecule has 6 heteroatoms. The molecule has 1 heterocycles. The summed E-state index contributed by atoms with van der Waals surface area (Å²) in [5.41, 5.74) is 13.0. The number of primary amides is 1. The van der Waals surface area contributed by atoms with E-state index < -0.39 is 5.91 Å². The third-order valence-electron chi connectivity index (χ3n) is 3.52. The molecule has 0 bridgehead atoms. The summed E-state index contributed by atoms with van der Waals surface area (Å²) in [7, 11) is 0. The van der Waals surface area contributed by atoms with Gasteiger partial charge in [0, 0.05) is 18.3 Å². The van der Waals surface area contributed by atoms with Gasteiger partial charge >= 0.3 is 0 Å². The highest BCUT2D eigenvalue weighted by Gasteiger charge is 2.30. The fourth-order valence-electron chi connectivity index (χ4n) is 2.21. The Morgan fingerprint density at radius 2 is 1.86 bits per heavy atom. The molecule has 6 nitrogen and oxygen atoms in total. The molecule has 21 heavy (non-hydrogen) atoms. The highest BCUT2D eigenvalue weighted by molar-refractivity contribution is 5.90. The highest BCUT2D eigenvalue weighted by Crippen LogP contribution is 2.31. The van der Waals surface area contributed by atoms with Crippen molar-refractivity contribution in [3.63, 3.8) is 0 Å². The van der Waals surface area contributed by atoms with Crippen LogP contribution in [0.3, 0.4) is 0 Å². The van der Waals surface area contributed by atoms with Crippen LogP contribution in [0.2, 0.25) is 0 Å². The van der Waals surface area contributed by atoms with Gasteiger partial charge in [0.2, 0.25) is 0 Å². The third-order valence-corrected chi connectivity index (χ3v) is 3.52. The summed E-state index contributed by atoms with van der Waals surface area (Å²) in [6.45, 7) is 0.746. The van der Waals surface area contributed by atoms with Gasteiger partial charge in [0.05, 0.1) is 0 Å². The van der Waals surface area contributed by atoms with Crippen LogP contribution < -0.4 is 16.4 Å². The van der Waals surface area contributed by atoms with Gasteiger partial charge in [0.1, 0.15) is 0 Å². The zero-order valence-electron chi connectivity index (χ0n) is 11.6. The number of rotatable bonds is 5. The van der Waals surface area contributed by atoms with E-state index in [1.165, 1.54) is 0 Å². The first-order chi connectivity index (χ1) is 10.1. The smallest absolute Gasteiger partial charge is 0.269 e. The third kappa shape index (κ3) is 3.10. The fraction of sp³-hybridized carbons (Fsp3) is 0.267. The van der Waals surface area contributed by atoms with Gasteiger partial charge in [-0.1, -0.05) is 12.1 Å². The molecular weight excluding hydrogens is 266 g/mol.